The molecule has 0 saturated heterocycles. The number of carboxylic acid groups (broad SMARTS) is 1. The van der Waals surface area contributed by atoms with E-state index in [-0.39, 0.29) is 18.9 Å². The molecule has 3 N–H and O–H groups in total. The number of aryl methyl sites for hydroxylation is 2. The molecule has 0 radical (unpaired) electrons. The van der Waals surface area contributed by atoms with Crippen LogP contribution in [0, 0.1) is 13.8 Å². The minimum absolute atomic E-state index is 0.0140. The van der Waals surface area contributed by atoms with Gasteiger partial charge in [0.05, 0.1) is 6.42 Å². The van der Waals surface area contributed by atoms with Gasteiger partial charge in [0.2, 0.25) is 0 Å². The number of nitrogens with two attached hydrogens (primary N) is 1. The molecule has 4 heteroatoms. The van der Waals surface area contributed by atoms with E-state index in [0.717, 1.165) is 16.7 Å². The van der Waals surface area contributed by atoms with Gasteiger partial charge in [0, 0.05) is 10.9 Å². The smallest absolute Gasteiger partial charge is 0.304 e. The average molecular weight is 242 g/mol. The monoisotopic (exact) mass is 241 g/mol. The molecule has 16 heavy (non-hydrogen) atoms. The first kappa shape index (κ1) is 13.0. The predicted molar refractivity (Wildman–Crippen MR) is 65.0 cm³/mol. The van der Waals surface area contributed by atoms with Crippen molar-refractivity contribution in [2.45, 2.75) is 26.2 Å². The van der Waals surface area contributed by atoms with Crippen molar-refractivity contribution in [3.8, 4) is 0 Å². The van der Waals surface area contributed by atoms with Crippen molar-refractivity contribution in [1.82, 2.24) is 0 Å². The fourth-order valence-electron chi connectivity index (χ4n) is 1.96. The van der Waals surface area contributed by atoms with Crippen molar-refractivity contribution in [1.29, 1.82) is 0 Å². The van der Waals surface area contributed by atoms with Gasteiger partial charge in [-0.2, -0.15) is 0 Å². The Labute approximate surface area is 100 Å². The van der Waals surface area contributed by atoms with Crippen LogP contribution in [-0.2, 0) is 4.79 Å². The van der Waals surface area contributed by atoms with Gasteiger partial charge in [0.1, 0.15) is 0 Å². The Morgan fingerprint density at radius 3 is 2.56 bits per heavy atom. The van der Waals surface area contributed by atoms with Crippen LogP contribution < -0.4 is 5.73 Å². The Balaban J connectivity index is 3.14. The van der Waals surface area contributed by atoms with E-state index < -0.39 is 5.97 Å². The molecular weight excluding hydrogens is 226 g/mol. The molecule has 1 unspecified atom stereocenters. The van der Waals surface area contributed by atoms with E-state index >= 15 is 0 Å². The Hall–Kier alpha value is -1.06. The lowest BCUT2D eigenvalue weighted by atomic mass is 9.91. The van der Waals surface area contributed by atoms with E-state index in [2.05, 4.69) is 0 Å². The zero-order valence-corrected chi connectivity index (χ0v) is 10.2. The van der Waals surface area contributed by atoms with Crippen molar-refractivity contribution in [3.63, 3.8) is 0 Å². The molecular formula is C12H16ClNO2. The van der Waals surface area contributed by atoms with E-state index in [4.69, 9.17) is 22.4 Å². The summed E-state index contributed by atoms with van der Waals surface area (Å²) in [5.74, 6) is -1.07. The molecule has 0 bridgehead atoms. The largest absolute Gasteiger partial charge is 0.481 e. The van der Waals surface area contributed by atoms with Crippen LogP contribution in [0.3, 0.4) is 0 Å². The summed E-state index contributed by atoms with van der Waals surface area (Å²) in [6.45, 7) is 4.17. The average Bonchev–Trinajstić information content (AvgIpc) is 2.13. The molecule has 0 fully saturated rings. The molecule has 88 valence electrons. The minimum Gasteiger partial charge on any atom is -0.481 e. The van der Waals surface area contributed by atoms with Crippen LogP contribution >= 0.6 is 11.6 Å². The second-order valence-corrected chi connectivity index (χ2v) is 4.42. The zero-order valence-electron chi connectivity index (χ0n) is 9.46. The van der Waals surface area contributed by atoms with Gasteiger partial charge in [-0.15, -0.1) is 0 Å². The summed E-state index contributed by atoms with van der Waals surface area (Å²) in [6, 6.07) is 3.83. The highest BCUT2D eigenvalue weighted by molar-refractivity contribution is 6.31. The fourth-order valence-corrected chi connectivity index (χ4v) is 2.43. The lowest BCUT2D eigenvalue weighted by Gasteiger charge is -2.18. The maximum Gasteiger partial charge on any atom is 0.304 e. The first-order chi connectivity index (χ1) is 7.45. The Kier molecular flexibility index (Phi) is 4.33. The van der Waals surface area contributed by atoms with Gasteiger partial charge >= 0.3 is 5.97 Å². The van der Waals surface area contributed by atoms with Crippen molar-refractivity contribution >= 4 is 17.6 Å². The molecule has 1 aromatic carbocycles. The van der Waals surface area contributed by atoms with Crippen LogP contribution in [0.5, 0.6) is 0 Å². The number of carboxylic acids is 1. The molecule has 0 spiro atoms. The summed E-state index contributed by atoms with van der Waals surface area (Å²) in [7, 11) is 0. The third-order valence-corrected chi connectivity index (χ3v) is 2.91. The molecule has 1 rings (SSSR count). The maximum absolute atomic E-state index is 10.7. The van der Waals surface area contributed by atoms with Gasteiger partial charge in [-0.1, -0.05) is 17.7 Å². The van der Waals surface area contributed by atoms with E-state index in [0.29, 0.717) is 5.02 Å². The second-order valence-electron chi connectivity index (χ2n) is 4.01. The van der Waals surface area contributed by atoms with Gasteiger partial charge in [0.15, 0.2) is 0 Å². The number of carbonyl (C=O) groups is 1. The fraction of sp³-hybridized carbons (Fsp3) is 0.417. The zero-order chi connectivity index (χ0) is 12.3. The van der Waals surface area contributed by atoms with Crippen LogP contribution in [0.25, 0.3) is 0 Å². The number of hydrogen-bond donors (Lipinski definition) is 2. The number of halogens is 1. The highest BCUT2D eigenvalue weighted by atomic mass is 35.5. The molecule has 0 amide bonds. The number of rotatable bonds is 4. The molecule has 0 saturated carbocycles. The van der Waals surface area contributed by atoms with Gasteiger partial charge in [-0.05, 0) is 43.1 Å². The maximum atomic E-state index is 10.7. The molecule has 0 heterocycles. The van der Waals surface area contributed by atoms with Crippen molar-refractivity contribution in [2.75, 3.05) is 6.54 Å². The third kappa shape index (κ3) is 2.97. The summed E-state index contributed by atoms with van der Waals surface area (Å²) in [6.07, 6.45) is 0.0140. The summed E-state index contributed by atoms with van der Waals surface area (Å²) >= 11 is 6.14. The van der Waals surface area contributed by atoms with E-state index in [9.17, 15) is 4.79 Å². The standard InChI is InChI=1S/C12H16ClNO2/c1-7-3-8(2)12(10(13)4-7)9(6-14)5-11(15)16/h3-4,9H,5-6,14H2,1-2H3,(H,15,16). The van der Waals surface area contributed by atoms with Gasteiger partial charge in [-0.25, -0.2) is 0 Å². The topological polar surface area (TPSA) is 63.3 Å². The molecule has 3 nitrogen and oxygen atoms in total. The van der Waals surface area contributed by atoms with Gasteiger partial charge in [-0.3, -0.25) is 4.79 Å². The SMILES string of the molecule is Cc1cc(C)c(C(CN)CC(=O)O)c(Cl)c1. The van der Waals surface area contributed by atoms with Crippen LogP contribution in [-0.4, -0.2) is 17.6 Å². The number of benzene rings is 1. The molecule has 0 aliphatic carbocycles. The summed E-state index contributed by atoms with van der Waals surface area (Å²) in [5, 5.41) is 9.42. The van der Waals surface area contributed by atoms with E-state index in [1.807, 2.05) is 26.0 Å². The van der Waals surface area contributed by atoms with Crippen LogP contribution in [0.2, 0.25) is 5.02 Å². The predicted octanol–water partition coefficient (Wildman–Crippen LogP) is 2.47. The molecule has 0 aliphatic heterocycles. The number of aliphatic carboxylic acids is 1. The van der Waals surface area contributed by atoms with Crippen LogP contribution in [0.4, 0.5) is 0 Å². The van der Waals surface area contributed by atoms with Crippen molar-refractivity contribution in [3.05, 3.63) is 33.8 Å². The Bertz CT molecular complexity index is 381. The molecule has 1 aromatic rings. The summed E-state index contributed by atoms with van der Waals surface area (Å²) in [5.41, 5.74) is 8.53. The quantitative estimate of drug-likeness (QED) is 0.851. The Morgan fingerprint density at radius 1 is 1.50 bits per heavy atom. The first-order valence-electron chi connectivity index (χ1n) is 5.14. The second kappa shape index (κ2) is 5.32. The summed E-state index contributed by atoms with van der Waals surface area (Å²) < 4.78 is 0. The third-order valence-electron chi connectivity index (χ3n) is 2.59. The Morgan fingerprint density at radius 2 is 2.12 bits per heavy atom. The highest BCUT2D eigenvalue weighted by Crippen LogP contribution is 2.30. The minimum atomic E-state index is -0.855. The summed E-state index contributed by atoms with van der Waals surface area (Å²) in [4.78, 5) is 10.7. The molecule has 1 atom stereocenters. The number of hydrogen-bond acceptors (Lipinski definition) is 2. The van der Waals surface area contributed by atoms with Crippen molar-refractivity contribution < 1.29 is 9.90 Å². The van der Waals surface area contributed by atoms with Gasteiger partial charge in [0.25, 0.3) is 0 Å². The van der Waals surface area contributed by atoms with Crippen molar-refractivity contribution in [2.24, 2.45) is 5.73 Å². The normalized spacial score (nSPS) is 12.5. The molecule has 0 aromatic heterocycles. The lowest BCUT2D eigenvalue weighted by Crippen LogP contribution is -2.17. The van der Waals surface area contributed by atoms with Crippen LogP contribution in [0.15, 0.2) is 12.1 Å². The first-order valence-corrected chi connectivity index (χ1v) is 5.52. The lowest BCUT2D eigenvalue weighted by molar-refractivity contribution is -0.137. The molecule has 0 aliphatic rings. The van der Waals surface area contributed by atoms with E-state index in [1.165, 1.54) is 0 Å². The highest BCUT2D eigenvalue weighted by Gasteiger charge is 2.19. The van der Waals surface area contributed by atoms with Crippen LogP contribution in [0.1, 0.15) is 29.0 Å². The van der Waals surface area contributed by atoms with Gasteiger partial charge < -0.3 is 10.8 Å². The van der Waals surface area contributed by atoms with E-state index in [1.54, 1.807) is 0 Å².